The Kier molecular flexibility index (Phi) is 8.67. The van der Waals surface area contributed by atoms with E-state index in [4.69, 9.17) is 14.0 Å². The van der Waals surface area contributed by atoms with Crippen LogP contribution in [0.3, 0.4) is 0 Å². The molecule has 3 aromatic rings. The van der Waals surface area contributed by atoms with Gasteiger partial charge in [0.2, 0.25) is 11.8 Å². The number of hydrogen-bond donors (Lipinski definition) is 2. The van der Waals surface area contributed by atoms with Crippen LogP contribution in [-0.2, 0) is 16.2 Å². The molecule has 0 aliphatic heterocycles. The third-order valence-corrected chi connectivity index (χ3v) is 5.20. The Bertz CT molecular complexity index is 1180. The number of hydrogen-bond acceptors (Lipinski definition) is 6. The molecule has 0 aliphatic rings. The molecule has 2 aromatic carbocycles. The van der Waals surface area contributed by atoms with Gasteiger partial charge in [0, 0.05) is 23.9 Å². The predicted octanol–water partition coefficient (Wildman–Crippen LogP) is 5.52. The largest absolute Gasteiger partial charge is 0.493 e. The van der Waals surface area contributed by atoms with Crippen LogP contribution in [0.5, 0.6) is 11.5 Å². The molecule has 0 saturated carbocycles. The number of carbonyl (C=O) groups excluding carboxylic acids is 2. The number of rotatable bonds is 10. The molecular weight excluding hydrogens is 446 g/mol. The van der Waals surface area contributed by atoms with Gasteiger partial charge in [-0.15, -0.1) is 0 Å². The van der Waals surface area contributed by atoms with Crippen molar-refractivity contribution in [1.29, 1.82) is 0 Å². The zero-order chi connectivity index (χ0) is 25.4. The minimum atomic E-state index is -0.278. The molecule has 0 aliphatic carbocycles. The third-order valence-electron chi connectivity index (χ3n) is 5.20. The van der Waals surface area contributed by atoms with Gasteiger partial charge >= 0.3 is 0 Å². The van der Waals surface area contributed by atoms with Crippen LogP contribution in [0, 0.1) is 19.8 Å². The summed E-state index contributed by atoms with van der Waals surface area (Å²) in [6, 6.07) is 12.4. The molecule has 3 rings (SSSR count). The van der Waals surface area contributed by atoms with Crippen LogP contribution in [0.4, 0.5) is 11.4 Å². The van der Waals surface area contributed by atoms with E-state index in [1.807, 2.05) is 33.8 Å². The Labute approximate surface area is 205 Å². The van der Waals surface area contributed by atoms with Crippen molar-refractivity contribution in [2.75, 3.05) is 17.7 Å². The summed E-state index contributed by atoms with van der Waals surface area (Å²) in [6.45, 7) is 8.01. The summed E-state index contributed by atoms with van der Waals surface area (Å²) in [5, 5.41) is 9.58. The first-order chi connectivity index (χ1) is 16.7. The van der Waals surface area contributed by atoms with E-state index < -0.39 is 0 Å². The van der Waals surface area contributed by atoms with E-state index in [-0.39, 0.29) is 17.7 Å². The molecule has 35 heavy (non-hydrogen) atoms. The maximum Gasteiger partial charge on any atom is 0.248 e. The summed E-state index contributed by atoms with van der Waals surface area (Å²) in [4.78, 5) is 24.2. The van der Waals surface area contributed by atoms with Crippen molar-refractivity contribution in [1.82, 2.24) is 5.16 Å². The third kappa shape index (κ3) is 7.46. The summed E-state index contributed by atoms with van der Waals surface area (Å²) < 4.78 is 16.5. The van der Waals surface area contributed by atoms with E-state index >= 15 is 0 Å². The molecule has 0 bridgehead atoms. The number of nitrogens with one attached hydrogen (secondary N) is 2. The molecule has 1 aromatic heterocycles. The molecule has 0 radical (unpaired) electrons. The second-order valence-corrected chi connectivity index (χ2v) is 8.55. The van der Waals surface area contributed by atoms with Gasteiger partial charge in [-0.2, -0.15) is 0 Å². The molecule has 0 fully saturated rings. The number of aryl methyl sites for hydroxylation is 2. The average Bonchev–Trinajstić information content (AvgIpc) is 3.14. The number of aromatic nitrogens is 1. The number of anilines is 2. The molecule has 1 heterocycles. The van der Waals surface area contributed by atoms with E-state index in [1.165, 1.54) is 6.08 Å². The van der Waals surface area contributed by atoms with Crippen molar-refractivity contribution < 1.29 is 23.6 Å². The Morgan fingerprint density at radius 3 is 2.31 bits per heavy atom. The Morgan fingerprint density at radius 2 is 1.71 bits per heavy atom. The first kappa shape index (κ1) is 25.6. The number of methoxy groups -OCH3 is 1. The van der Waals surface area contributed by atoms with Gasteiger partial charge in [-0.25, -0.2) is 0 Å². The number of benzene rings is 2. The van der Waals surface area contributed by atoms with Crippen LogP contribution in [0.2, 0.25) is 0 Å². The quantitative estimate of drug-likeness (QED) is 0.373. The van der Waals surface area contributed by atoms with E-state index in [9.17, 15) is 9.59 Å². The van der Waals surface area contributed by atoms with Gasteiger partial charge in [0.05, 0.1) is 18.4 Å². The van der Waals surface area contributed by atoms with Gasteiger partial charge in [-0.1, -0.05) is 25.1 Å². The number of carbonyl (C=O) groups is 2. The molecule has 0 spiro atoms. The minimum absolute atomic E-state index is 0.0321. The number of ether oxygens (including phenoxy) is 2. The van der Waals surface area contributed by atoms with Gasteiger partial charge in [0.25, 0.3) is 0 Å². The van der Waals surface area contributed by atoms with E-state index in [2.05, 4.69) is 15.8 Å². The Balaban J connectivity index is 1.57. The van der Waals surface area contributed by atoms with Crippen molar-refractivity contribution in [3.05, 3.63) is 71.1 Å². The normalized spacial score (nSPS) is 11.0. The Morgan fingerprint density at radius 1 is 1.03 bits per heavy atom. The van der Waals surface area contributed by atoms with Crippen LogP contribution in [0.1, 0.15) is 42.8 Å². The van der Waals surface area contributed by atoms with Crippen molar-refractivity contribution in [3.63, 3.8) is 0 Å². The summed E-state index contributed by atoms with van der Waals surface area (Å²) in [5.41, 5.74) is 3.79. The maximum atomic E-state index is 12.4. The molecule has 8 nitrogen and oxygen atoms in total. The van der Waals surface area contributed by atoms with Crippen molar-refractivity contribution >= 4 is 29.3 Å². The summed E-state index contributed by atoms with van der Waals surface area (Å²) in [7, 11) is 1.56. The second-order valence-electron chi connectivity index (χ2n) is 8.55. The average molecular weight is 478 g/mol. The highest BCUT2D eigenvalue weighted by atomic mass is 16.5. The van der Waals surface area contributed by atoms with Crippen LogP contribution >= 0.6 is 0 Å². The minimum Gasteiger partial charge on any atom is -0.493 e. The van der Waals surface area contributed by atoms with E-state index in [0.29, 0.717) is 35.9 Å². The fraction of sp³-hybridized carbons (Fsp3) is 0.296. The molecular formula is C27H31N3O5. The monoisotopic (exact) mass is 477 g/mol. The molecule has 2 amide bonds. The number of amides is 2. The summed E-state index contributed by atoms with van der Waals surface area (Å²) in [5.74, 6) is 1.83. The van der Waals surface area contributed by atoms with Crippen molar-refractivity contribution in [2.24, 2.45) is 5.92 Å². The van der Waals surface area contributed by atoms with Crippen LogP contribution in [0.15, 0.2) is 53.1 Å². The van der Waals surface area contributed by atoms with Crippen LogP contribution in [-0.4, -0.2) is 24.1 Å². The Hall–Kier alpha value is -4.07. The second kappa shape index (κ2) is 11.9. The highest BCUT2D eigenvalue weighted by molar-refractivity contribution is 6.02. The smallest absolute Gasteiger partial charge is 0.248 e. The van der Waals surface area contributed by atoms with Crippen molar-refractivity contribution in [2.45, 2.75) is 40.7 Å². The van der Waals surface area contributed by atoms with Gasteiger partial charge in [-0.05, 0) is 67.8 Å². The fourth-order valence-corrected chi connectivity index (χ4v) is 3.34. The van der Waals surface area contributed by atoms with Gasteiger partial charge in [0.15, 0.2) is 11.5 Å². The molecule has 184 valence electrons. The summed E-state index contributed by atoms with van der Waals surface area (Å²) >= 11 is 0. The lowest BCUT2D eigenvalue weighted by Crippen LogP contribution is -2.14. The van der Waals surface area contributed by atoms with E-state index in [0.717, 1.165) is 22.6 Å². The van der Waals surface area contributed by atoms with Gasteiger partial charge in [0.1, 0.15) is 12.4 Å². The maximum absolute atomic E-state index is 12.4. The molecule has 2 N–H and O–H groups in total. The summed E-state index contributed by atoms with van der Waals surface area (Å²) in [6.07, 6.45) is 3.59. The van der Waals surface area contributed by atoms with E-state index in [1.54, 1.807) is 49.6 Å². The standard InChI is InChI=1S/C27H31N3O5/c1-17(2)14-27(32)29-22-10-8-21(9-11-22)28-26(31)13-7-20-6-12-24(25(15-20)33-5)34-16-23-18(3)30-35-19(23)4/h6-13,15,17H,14,16H2,1-5H3,(H,28,31)(H,29,32)/b13-7+. The molecule has 0 atom stereocenters. The lowest BCUT2D eigenvalue weighted by atomic mass is 10.1. The molecule has 0 saturated heterocycles. The molecule has 8 heteroatoms. The molecule has 0 unspecified atom stereocenters. The highest BCUT2D eigenvalue weighted by Gasteiger charge is 2.12. The SMILES string of the molecule is COc1cc(/C=C/C(=O)Nc2ccc(NC(=O)CC(C)C)cc2)ccc1OCc1c(C)noc1C. The fourth-order valence-electron chi connectivity index (χ4n) is 3.34. The van der Waals surface area contributed by atoms with Crippen molar-refractivity contribution in [3.8, 4) is 11.5 Å². The lowest BCUT2D eigenvalue weighted by molar-refractivity contribution is -0.117. The predicted molar refractivity (Wildman–Crippen MR) is 135 cm³/mol. The first-order valence-corrected chi connectivity index (χ1v) is 11.4. The van der Waals surface area contributed by atoms with Gasteiger partial charge < -0.3 is 24.6 Å². The van der Waals surface area contributed by atoms with Crippen LogP contribution in [0.25, 0.3) is 6.08 Å². The van der Waals surface area contributed by atoms with Crippen LogP contribution < -0.4 is 20.1 Å². The lowest BCUT2D eigenvalue weighted by Gasteiger charge is -2.11. The number of nitrogens with zero attached hydrogens (tertiary/aromatic N) is 1. The topological polar surface area (TPSA) is 103 Å². The highest BCUT2D eigenvalue weighted by Crippen LogP contribution is 2.30. The first-order valence-electron chi connectivity index (χ1n) is 11.4. The van der Waals surface area contributed by atoms with Gasteiger partial charge in [-0.3, -0.25) is 9.59 Å². The zero-order valence-corrected chi connectivity index (χ0v) is 20.7. The zero-order valence-electron chi connectivity index (χ0n) is 20.7.